The van der Waals surface area contributed by atoms with Crippen LogP contribution < -0.4 is 0 Å². The van der Waals surface area contributed by atoms with Gasteiger partial charge in [-0.05, 0) is 17.4 Å². The van der Waals surface area contributed by atoms with Crippen LogP contribution in [0.2, 0.25) is 0 Å². The Morgan fingerprint density at radius 3 is 3.00 bits per heavy atom. The number of aliphatic hydroxyl groups is 1. The van der Waals surface area contributed by atoms with Crippen LogP contribution in [0.15, 0.2) is 24.0 Å². The third-order valence-corrected chi connectivity index (χ3v) is 6.06. The van der Waals surface area contributed by atoms with Gasteiger partial charge < -0.3 is 9.67 Å². The summed E-state index contributed by atoms with van der Waals surface area (Å²) in [5, 5.41) is 12.2. The molecule has 4 rings (SSSR count). The molecule has 0 spiro atoms. The van der Waals surface area contributed by atoms with Crippen LogP contribution in [0.1, 0.15) is 43.0 Å². The van der Waals surface area contributed by atoms with E-state index in [1.807, 2.05) is 23.9 Å². The summed E-state index contributed by atoms with van der Waals surface area (Å²) in [4.78, 5) is 5.74. The molecule has 3 heterocycles. The molecule has 0 saturated heterocycles. The molecule has 0 bridgehead atoms. The molecular weight excluding hydrogens is 268 g/mol. The molecule has 0 aromatic carbocycles. The molecule has 2 aromatic rings. The maximum Gasteiger partial charge on any atom is 0.0957 e. The van der Waals surface area contributed by atoms with Gasteiger partial charge in [-0.25, -0.2) is 4.98 Å². The summed E-state index contributed by atoms with van der Waals surface area (Å²) < 4.78 is 2.29. The van der Waals surface area contributed by atoms with Crippen molar-refractivity contribution in [1.29, 1.82) is 0 Å². The highest BCUT2D eigenvalue weighted by Gasteiger charge is 2.39. The van der Waals surface area contributed by atoms with Gasteiger partial charge in [0.1, 0.15) is 0 Å². The Morgan fingerprint density at radius 2 is 2.20 bits per heavy atom. The Balaban J connectivity index is 1.73. The van der Waals surface area contributed by atoms with E-state index < -0.39 is 0 Å². The van der Waals surface area contributed by atoms with Crippen molar-refractivity contribution in [2.75, 3.05) is 6.61 Å². The van der Waals surface area contributed by atoms with Gasteiger partial charge in [0.2, 0.25) is 0 Å². The molecule has 1 saturated carbocycles. The van der Waals surface area contributed by atoms with Crippen LogP contribution >= 0.6 is 11.3 Å². The van der Waals surface area contributed by atoms with Crippen LogP contribution in [0.4, 0.5) is 0 Å². The highest BCUT2D eigenvalue weighted by Crippen LogP contribution is 2.49. The van der Waals surface area contributed by atoms with Gasteiger partial charge in [0.05, 0.1) is 24.3 Å². The lowest BCUT2D eigenvalue weighted by Crippen LogP contribution is -2.29. The van der Waals surface area contributed by atoms with E-state index in [4.69, 9.17) is 0 Å². The quantitative estimate of drug-likeness (QED) is 0.935. The first-order valence-electron chi connectivity index (χ1n) is 7.60. The summed E-state index contributed by atoms with van der Waals surface area (Å²) in [6.07, 6.45) is 10.4. The van der Waals surface area contributed by atoms with Crippen molar-refractivity contribution in [2.45, 2.75) is 38.1 Å². The van der Waals surface area contributed by atoms with E-state index in [0.717, 1.165) is 0 Å². The van der Waals surface area contributed by atoms with Crippen molar-refractivity contribution in [3.05, 3.63) is 28.8 Å². The van der Waals surface area contributed by atoms with Crippen molar-refractivity contribution in [1.82, 2.24) is 9.55 Å². The fraction of sp³-hybridized carbons (Fsp3) is 0.562. The summed E-state index contributed by atoms with van der Waals surface area (Å²) in [7, 11) is 0. The number of rotatable bonds is 3. The van der Waals surface area contributed by atoms with Crippen molar-refractivity contribution in [3.8, 4) is 11.3 Å². The van der Waals surface area contributed by atoms with Crippen LogP contribution in [0.3, 0.4) is 0 Å². The molecule has 0 amide bonds. The number of fused-ring (bicyclic) bond motifs is 3. The molecule has 0 radical (unpaired) electrons. The molecule has 1 aliphatic heterocycles. The molecule has 2 aromatic heterocycles. The lowest BCUT2D eigenvalue weighted by Gasteiger charge is -2.33. The summed E-state index contributed by atoms with van der Waals surface area (Å²) in [5.74, 6) is 0.991. The van der Waals surface area contributed by atoms with E-state index in [1.54, 1.807) is 0 Å². The molecule has 106 valence electrons. The lowest BCUT2D eigenvalue weighted by atomic mass is 9.76. The Kier molecular flexibility index (Phi) is 3.15. The average molecular weight is 288 g/mol. The van der Waals surface area contributed by atoms with Crippen LogP contribution in [0.5, 0.6) is 0 Å². The molecule has 1 aliphatic carbocycles. The Labute approximate surface area is 123 Å². The van der Waals surface area contributed by atoms with Crippen molar-refractivity contribution >= 4 is 11.3 Å². The van der Waals surface area contributed by atoms with E-state index in [1.165, 1.54) is 48.2 Å². The first-order chi connectivity index (χ1) is 9.90. The van der Waals surface area contributed by atoms with Gasteiger partial charge in [-0.3, -0.25) is 0 Å². The van der Waals surface area contributed by atoms with Crippen LogP contribution in [0, 0.1) is 11.8 Å². The first kappa shape index (κ1) is 12.6. The molecular formula is C16H20N2OS. The van der Waals surface area contributed by atoms with Crippen molar-refractivity contribution in [3.63, 3.8) is 0 Å². The van der Waals surface area contributed by atoms with Gasteiger partial charge in [0, 0.05) is 23.0 Å². The fourth-order valence-electron chi connectivity index (χ4n) is 4.09. The standard InChI is InChI=1S/C16H20N2OS/c19-9-13(11-4-2-1-3-5-11)15-16-12(6-7-20-16)14-8-17-10-18(14)15/h6-8,10-11,13,15,19H,1-5,9H2. The Hall–Kier alpha value is -1.13. The topological polar surface area (TPSA) is 38.1 Å². The van der Waals surface area contributed by atoms with E-state index >= 15 is 0 Å². The number of imidazole rings is 1. The highest BCUT2D eigenvalue weighted by molar-refractivity contribution is 7.10. The third kappa shape index (κ3) is 1.78. The Morgan fingerprint density at radius 1 is 1.35 bits per heavy atom. The average Bonchev–Trinajstić information content (AvgIpc) is 3.17. The summed E-state index contributed by atoms with van der Waals surface area (Å²) >= 11 is 1.83. The van der Waals surface area contributed by atoms with Crippen molar-refractivity contribution in [2.24, 2.45) is 11.8 Å². The highest BCUT2D eigenvalue weighted by atomic mass is 32.1. The maximum absolute atomic E-state index is 10.0. The molecule has 2 atom stereocenters. The number of aromatic nitrogens is 2. The monoisotopic (exact) mass is 288 g/mol. The third-order valence-electron chi connectivity index (χ3n) is 5.08. The molecule has 3 nitrogen and oxygen atoms in total. The van der Waals surface area contributed by atoms with E-state index in [2.05, 4.69) is 21.0 Å². The van der Waals surface area contributed by atoms with E-state index in [9.17, 15) is 5.11 Å². The maximum atomic E-state index is 10.0. The molecule has 2 aliphatic rings. The molecule has 4 heteroatoms. The summed E-state index contributed by atoms with van der Waals surface area (Å²) in [6.45, 7) is 0.282. The van der Waals surface area contributed by atoms with Crippen LogP contribution in [-0.2, 0) is 0 Å². The molecule has 1 fully saturated rings. The molecule has 1 N–H and O–H groups in total. The second-order valence-corrected chi connectivity index (χ2v) is 7.02. The minimum Gasteiger partial charge on any atom is -0.396 e. The number of hydrogen-bond acceptors (Lipinski definition) is 3. The second-order valence-electron chi connectivity index (χ2n) is 6.07. The van der Waals surface area contributed by atoms with Gasteiger partial charge >= 0.3 is 0 Å². The summed E-state index contributed by atoms with van der Waals surface area (Å²) in [6, 6.07) is 2.50. The smallest absolute Gasteiger partial charge is 0.0957 e. The first-order valence-corrected chi connectivity index (χ1v) is 8.48. The van der Waals surface area contributed by atoms with E-state index in [0.29, 0.717) is 17.9 Å². The minimum atomic E-state index is 0.282. The largest absolute Gasteiger partial charge is 0.396 e. The lowest BCUT2D eigenvalue weighted by molar-refractivity contribution is 0.118. The zero-order valence-electron chi connectivity index (χ0n) is 11.5. The number of aliphatic hydroxyl groups excluding tert-OH is 1. The molecule has 20 heavy (non-hydrogen) atoms. The minimum absolute atomic E-state index is 0.282. The SMILES string of the molecule is OCC(C1CCCCC1)C1c2sccc2-c2cncn21. The number of thiophene rings is 1. The summed E-state index contributed by atoms with van der Waals surface area (Å²) in [5.41, 5.74) is 2.55. The van der Waals surface area contributed by atoms with Gasteiger partial charge in [-0.1, -0.05) is 32.1 Å². The molecule has 2 unspecified atom stereocenters. The number of nitrogens with zero attached hydrogens (tertiary/aromatic N) is 2. The predicted molar refractivity (Wildman–Crippen MR) is 80.8 cm³/mol. The van der Waals surface area contributed by atoms with Gasteiger partial charge in [-0.15, -0.1) is 11.3 Å². The zero-order chi connectivity index (χ0) is 13.5. The van der Waals surface area contributed by atoms with Crippen LogP contribution in [0.25, 0.3) is 11.3 Å². The van der Waals surface area contributed by atoms with E-state index in [-0.39, 0.29) is 6.61 Å². The second kappa shape index (κ2) is 5.01. The van der Waals surface area contributed by atoms with Gasteiger partial charge in [0.15, 0.2) is 0 Å². The van der Waals surface area contributed by atoms with Gasteiger partial charge in [0.25, 0.3) is 0 Å². The van der Waals surface area contributed by atoms with Crippen molar-refractivity contribution < 1.29 is 5.11 Å². The zero-order valence-corrected chi connectivity index (χ0v) is 12.4. The Bertz CT molecular complexity index is 557. The van der Waals surface area contributed by atoms with Gasteiger partial charge in [-0.2, -0.15) is 0 Å². The van der Waals surface area contributed by atoms with Crippen LogP contribution in [-0.4, -0.2) is 21.3 Å². The normalized spacial score (nSPS) is 23.6. The predicted octanol–water partition coefficient (Wildman–Crippen LogP) is 3.70. The fourth-order valence-corrected chi connectivity index (χ4v) is 5.17. The number of hydrogen-bond donors (Lipinski definition) is 1.